The van der Waals surface area contributed by atoms with Gasteiger partial charge in [0, 0.05) is 31.1 Å². The Bertz CT molecular complexity index is 566. The number of rotatable bonds is 7. The van der Waals surface area contributed by atoms with Crippen molar-refractivity contribution < 1.29 is 9.53 Å². The third-order valence-corrected chi connectivity index (χ3v) is 5.92. The second-order valence-electron chi connectivity index (χ2n) is 7.76. The lowest BCUT2D eigenvalue weighted by atomic mass is 9.89. The number of nitrogens with one attached hydrogen (secondary N) is 1. The molecule has 2 aliphatic heterocycles. The largest absolute Gasteiger partial charge is 0.497 e. The number of hydrogen-bond acceptors (Lipinski definition) is 3. The van der Waals surface area contributed by atoms with Crippen LogP contribution in [-0.4, -0.2) is 42.6 Å². The van der Waals surface area contributed by atoms with Crippen LogP contribution in [0, 0.1) is 5.92 Å². The molecule has 0 radical (unpaired) electrons. The maximum Gasteiger partial charge on any atom is 0.223 e. The molecule has 5 heteroatoms. The Labute approximate surface area is 164 Å². The van der Waals surface area contributed by atoms with E-state index in [9.17, 15) is 4.79 Å². The molecule has 2 aliphatic rings. The van der Waals surface area contributed by atoms with Crippen LogP contribution in [0.5, 0.6) is 5.75 Å². The number of carbonyl (C=O) groups is 1. The van der Waals surface area contributed by atoms with Crippen molar-refractivity contribution in [1.29, 1.82) is 0 Å². The summed E-state index contributed by atoms with van der Waals surface area (Å²) in [5.74, 6) is 1.77. The first-order valence-electron chi connectivity index (χ1n) is 9.77. The summed E-state index contributed by atoms with van der Waals surface area (Å²) in [4.78, 5) is 15.0. The molecule has 3 rings (SSSR count). The topological polar surface area (TPSA) is 41.6 Å². The minimum atomic E-state index is 0. The van der Waals surface area contributed by atoms with E-state index in [0.29, 0.717) is 23.9 Å². The average molecular weight is 381 g/mol. The van der Waals surface area contributed by atoms with E-state index < -0.39 is 0 Å². The van der Waals surface area contributed by atoms with Gasteiger partial charge in [0.1, 0.15) is 5.75 Å². The lowest BCUT2D eigenvalue weighted by Gasteiger charge is -2.33. The number of nitrogens with zero attached hydrogens (tertiary/aromatic N) is 1. The number of methoxy groups -OCH3 is 1. The molecule has 146 valence electrons. The average Bonchev–Trinajstić information content (AvgIpc) is 2.94. The molecule has 1 N–H and O–H groups in total. The maximum atomic E-state index is 12.9. The Morgan fingerprint density at radius 2 is 1.85 bits per heavy atom. The van der Waals surface area contributed by atoms with Crippen molar-refractivity contribution >= 4 is 18.3 Å². The second kappa shape index (κ2) is 9.61. The molecule has 3 unspecified atom stereocenters. The van der Waals surface area contributed by atoms with Gasteiger partial charge in [0.15, 0.2) is 0 Å². The van der Waals surface area contributed by atoms with Crippen LogP contribution >= 0.6 is 12.4 Å². The summed E-state index contributed by atoms with van der Waals surface area (Å²) >= 11 is 0. The summed E-state index contributed by atoms with van der Waals surface area (Å²) in [7, 11) is 1.68. The van der Waals surface area contributed by atoms with E-state index in [1.54, 1.807) is 7.11 Å². The van der Waals surface area contributed by atoms with E-state index in [0.717, 1.165) is 25.1 Å². The van der Waals surface area contributed by atoms with E-state index >= 15 is 0 Å². The van der Waals surface area contributed by atoms with Gasteiger partial charge < -0.3 is 15.0 Å². The van der Waals surface area contributed by atoms with Crippen molar-refractivity contribution in [2.75, 3.05) is 13.7 Å². The van der Waals surface area contributed by atoms with E-state index in [-0.39, 0.29) is 18.4 Å². The number of ether oxygens (including phenoxy) is 1. The molecule has 2 heterocycles. The molecular weight excluding hydrogens is 348 g/mol. The van der Waals surface area contributed by atoms with Gasteiger partial charge in [-0.2, -0.15) is 0 Å². The number of halogens is 1. The maximum absolute atomic E-state index is 12.9. The van der Waals surface area contributed by atoms with Crippen LogP contribution < -0.4 is 10.1 Å². The van der Waals surface area contributed by atoms with Crippen molar-refractivity contribution in [1.82, 2.24) is 10.2 Å². The fourth-order valence-corrected chi connectivity index (χ4v) is 4.65. The SMILES string of the molecule is CCN(C(=O)CC1CC2CCC(C1)N2)C(C)Cc1ccc(OC)cc1.Cl. The summed E-state index contributed by atoms with van der Waals surface area (Å²) in [6.45, 7) is 5.04. The van der Waals surface area contributed by atoms with Crippen LogP contribution in [-0.2, 0) is 11.2 Å². The van der Waals surface area contributed by atoms with Crippen molar-refractivity contribution in [3.05, 3.63) is 29.8 Å². The number of amides is 1. The van der Waals surface area contributed by atoms with E-state index in [2.05, 4.69) is 36.2 Å². The molecule has 2 bridgehead atoms. The highest BCUT2D eigenvalue weighted by atomic mass is 35.5. The Morgan fingerprint density at radius 1 is 1.23 bits per heavy atom. The molecule has 0 aromatic heterocycles. The third-order valence-electron chi connectivity index (χ3n) is 5.92. The van der Waals surface area contributed by atoms with Gasteiger partial charge in [-0.3, -0.25) is 4.79 Å². The van der Waals surface area contributed by atoms with Crippen LogP contribution in [0.1, 0.15) is 51.5 Å². The van der Waals surface area contributed by atoms with Gasteiger partial charge in [0.2, 0.25) is 5.91 Å². The molecule has 0 aliphatic carbocycles. The molecule has 4 nitrogen and oxygen atoms in total. The van der Waals surface area contributed by atoms with Gasteiger partial charge in [-0.25, -0.2) is 0 Å². The number of likely N-dealkylation sites (N-methyl/N-ethyl adjacent to an activating group) is 1. The molecule has 3 atom stereocenters. The Balaban J connectivity index is 0.00000243. The Kier molecular flexibility index (Phi) is 7.78. The smallest absolute Gasteiger partial charge is 0.223 e. The zero-order valence-electron chi connectivity index (χ0n) is 16.2. The predicted octanol–water partition coefficient (Wildman–Crippen LogP) is 3.82. The molecule has 1 amide bonds. The monoisotopic (exact) mass is 380 g/mol. The van der Waals surface area contributed by atoms with Crippen molar-refractivity contribution in [2.45, 2.75) is 70.5 Å². The van der Waals surface area contributed by atoms with Crippen molar-refractivity contribution in [3.63, 3.8) is 0 Å². The van der Waals surface area contributed by atoms with Crippen LogP contribution in [0.25, 0.3) is 0 Å². The molecule has 1 aromatic carbocycles. The van der Waals surface area contributed by atoms with Crippen LogP contribution in [0.15, 0.2) is 24.3 Å². The zero-order valence-corrected chi connectivity index (χ0v) is 17.1. The lowest BCUT2D eigenvalue weighted by molar-refractivity contribution is -0.134. The molecule has 1 aromatic rings. The molecule has 0 saturated carbocycles. The first-order chi connectivity index (χ1) is 12.1. The summed E-state index contributed by atoms with van der Waals surface area (Å²) in [5, 5.41) is 3.67. The second-order valence-corrected chi connectivity index (χ2v) is 7.76. The van der Waals surface area contributed by atoms with Crippen LogP contribution in [0.3, 0.4) is 0 Å². The van der Waals surface area contributed by atoms with E-state index in [1.165, 1.54) is 31.2 Å². The zero-order chi connectivity index (χ0) is 17.8. The quantitative estimate of drug-likeness (QED) is 0.781. The summed E-state index contributed by atoms with van der Waals surface area (Å²) in [6.07, 6.45) is 6.54. The van der Waals surface area contributed by atoms with Gasteiger partial charge in [-0.15, -0.1) is 12.4 Å². The van der Waals surface area contributed by atoms with Gasteiger partial charge in [-0.1, -0.05) is 12.1 Å². The fourth-order valence-electron chi connectivity index (χ4n) is 4.65. The normalized spacial score (nSPS) is 25.3. The highest BCUT2D eigenvalue weighted by Crippen LogP contribution is 2.33. The van der Waals surface area contributed by atoms with Crippen LogP contribution in [0.4, 0.5) is 0 Å². The highest BCUT2D eigenvalue weighted by molar-refractivity contribution is 5.85. The summed E-state index contributed by atoms with van der Waals surface area (Å²) < 4.78 is 5.22. The highest BCUT2D eigenvalue weighted by Gasteiger charge is 2.35. The number of benzene rings is 1. The molecule has 0 spiro atoms. The molecule has 2 fully saturated rings. The minimum absolute atomic E-state index is 0. The molecule has 2 saturated heterocycles. The number of hydrogen-bond donors (Lipinski definition) is 1. The fraction of sp³-hybridized carbons (Fsp3) is 0.667. The summed E-state index contributed by atoms with van der Waals surface area (Å²) in [5.41, 5.74) is 1.25. The number of piperidine rings is 1. The standard InChI is InChI=1S/C21H32N2O2.ClH/c1-4-23(15(2)11-16-5-9-20(25-3)10-6-16)21(24)14-17-12-18-7-8-19(13-17)22-18;/h5-6,9-10,15,17-19,22H,4,7-8,11-14H2,1-3H3;1H. The predicted molar refractivity (Wildman–Crippen MR) is 108 cm³/mol. The van der Waals surface area contributed by atoms with E-state index in [1.807, 2.05) is 12.1 Å². The number of carbonyl (C=O) groups excluding carboxylic acids is 1. The third kappa shape index (κ3) is 5.14. The van der Waals surface area contributed by atoms with E-state index in [4.69, 9.17) is 4.74 Å². The molecular formula is C21H33ClN2O2. The Hall–Kier alpha value is -1.26. The Morgan fingerprint density at radius 3 is 2.38 bits per heavy atom. The minimum Gasteiger partial charge on any atom is -0.497 e. The molecule has 26 heavy (non-hydrogen) atoms. The summed E-state index contributed by atoms with van der Waals surface area (Å²) in [6, 6.07) is 9.71. The van der Waals surface area contributed by atoms with Crippen molar-refractivity contribution in [2.24, 2.45) is 5.92 Å². The van der Waals surface area contributed by atoms with Gasteiger partial charge in [0.25, 0.3) is 0 Å². The first-order valence-corrected chi connectivity index (χ1v) is 9.77. The van der Waals surface area contributed by atoms with Gasteiger partial charge >= 0.3 is 0 Å². The van der Waals surface area contributed by atoms with Crippen LogP contribution in [0.2, 0.25) is 0 Å². The first kappa shape index (κ1) is 21.0. The number of fused-ring (bicyclic) bond motifs is 2. The van der Waals surface area contributed by atoms with Gasteiger partial charge in [0.05, 0.1) is 7.11 Å². The van der Waals surface area contributed by atoms with Crippen molar-refractivity contribution in [3.8, 4) is 5.75 Å². The van der Waals surface area contributed by atoms with Gasteiger partial charge in [-0.05, 0) is 69.6 Å². The lowest BCUT2D eigenvalue weighted by Crippen LogP contribution is -2.43.